The summed E-state index contributed by atoms with van der Waals surface area (Å²) in [6.07, 6.45) is 0.932. The molecule has 100 valence electrons. The molecule has 1 aliphatic rings. The molecule has 0 bridgehead atoms. The van der Waals surface area contributed by atoms with Crippen LogP contribution in [0, 0.1) is 0 Å². The number of nitrogens with one attached hydrogen (secondary N) is 1. The van der Waals surface area contributed by atoms with Crippen molar-refractivity contribution in [2.24, 2.45) is 0 Å². The fourth-order valence-electron chi connectivity index (χ4n) is 2.34. The van der Waals surface area contributed by atoms with E-state index in [0.29, 0.717) is 6.61 Å². The van der Waals surface area contributed by atoms with Crippen molar-refractivity contribution in [3.63, 3.8) is 0 Å². The third-order valence-corrected chi connectivity index (χ3v) is 5.74. The van der Waals surface area contributed by atoms with E-state index in [-0.39, 0.29) is 16.5 Å². The van der Waals surface area contributed by atoms with E-state index in [0.717, 1.165) is 17.7 Å². The normalized spacial score (nSPS) is 25.9. The Morgan fingerprint density at radius 3 is 2.89 bits per heavy atom. The van der Waals surface area contributed by atoms with Gasteiger partial charge in [-0.05, 0) is 19.5 Å². The zero-order chi connectivity index (χ0) is 13.1. The molecule has 0 aromatic heterocycles. The van der Waals surface area contributed by atoms with Crippen molar-refractivity contribution in [3.05, 3.63) is 29.8 Å². The molecule has 4 heteroatoms. The molecule has 1 N–H and O–H groups in total. The molecule has 1 heterocycles. The zero-order valence-corrected chi connectivity index (χ0v) is 12.0. The van der Waals surface area contributed by atoms with E-state index < -0.39 is 10.8 Å². The van der Waals surface area contributed by atoms with Crippen LogP contribution < -0.4 is 10.1 Å². The van der Waals surface area contributed by atoms with Gasteiger partial charge in [-0.3, -0.25) is 4.21 Å². The van der Waals surface area contributed by atoms with Gasteiger partial charge in [0.1, 0.15) is 12.4 Å². The van der Waals surface area contributed by atoms with Crippen LogP contribution in [0.2, 0.25) is 0 Å². The maximum absolute atomic E-state index is 12.5. The fraction of sp³-hybridized carbons (Fsp3) is 0.571. The summed E-state index contributed by atoms with van der Waals surface area (Å²) in [5.74, 6) is 0.911. The summed E-state index contributed by atoms with van der Waals surface area (Å²) in [6.45, 7) is 4.65. The number of ether oxygens (including phenoxy) is 1. The molecule has 18 heavy (non-hydrogen) atoms. The smallest absolute Gasteiger partial charge is 0.124 e. The lowest BCUT2D eigenvalue weighted by Crippen LogP contribution is -2.43. The van der Waals surface area contributed by atoms with E-state index in [4.69, 9.17) is 4.74 Å². The molecule has 1 aliphatic heterocycles. The second kappa shape index (κ2) is 5.85. The molecule has 0 fully saturated rings. The second-order valence-electron chi connectivity index (χ2n) is 4.70. The Morgan fingerprint density at radius 1 is 1.50 bits per heavy atom. The van der Waals surface area contributed by atoms with Crippen molar-refractivity contribution in [1.29, 1.82) is 0 Å². The lowest BCUT2D eigenvalue weighted by atomic mass is 10.0. The van der Waals surface area contributed by atoms with Crippen LogP contribution in [0.1, 0.15) is 31.9 Å². The average molecular weight is 267 g/mol. The first-order valence-corrected chi connectivity index (χ1v) is 7.75. The Labute approximate surface area is 111 Å². The van der Waals surface area contributed by atoms with E-state index in [1.807, 2.05) is 32.2 Å². The summed E-state index contributed by atoms with van der Waals surface area (Å²) in [5.41, 5.74) is 1.12. The summed E-state index contributed by atoms with van der Waals surface area (Å²) in [6, 6.07) is 8.11. The lowest BCUT2D eigenvalue weighted by molar-refractivity contribution is 0.261. The van der Waals surface area contributed by atoms with Gasteiger partial charge in [0, 0.05) is 21.6 Å². The van der Waals surface area contributed by atoms with E-state index in [9.17, 15) is 4.21 Å². The van der Waals surface area contributed by atoms with Crippen LogP contribution in [0.3, 0.4) is 0 Å². The lowest BCUT2D eigenvalue weighted by Gasteiger charge is -2.34. The first-order chi connectivity index (χ1) is 8.69. The second-order valence-corrected chi connectivity index (χ2v) is 6.77. The molecular weight excluding hydrogens is 246 g/mol. The topological polar surface area (TPSA) is 38.3 Å². The summed E-state index contributed by atoms with van der Waals surface area (Å²) in [7, 11) is 1.05. The van der Waals surface area contributed by atoms with Gasteiger partial charge in [0.25, 0.3) is 0 Å². The molecule has 0 aliphatic carbocycles. The third kappa shape index (κ3) is 2.45. The Hall–Kier alpha value is -0.870. The molecule has 3 nitrogen and oxygen atoms in total. The van der Waals surface area contributed by atoms with Gasteiger partial charge in [0.05, 0.1) is 11.3 Å². The van der Waals surface area contributed by atoms with Gasteiger partial charge in [0.15, 0.2) is 0 Å². The van der Waals surface area contributed by atoms with Crippen LogP contribution in [0.25, 0.3) is 0 Å². The number of hydrogen-bond donors (Lipinski definition) is 1. The third-order valence-electron chi connectivity index (χ3n) is 3.61. The molecule has 4 unspecified atom stereocenters. The number of benzene rings is 1. The molecule has 0 saturated heterocycles. The summed E-state index contributed by atoms with van der Waals surface area (Å²) < 4.78 is 18.3. The highest BCUT2D eigenvalue weighted by molar-refractivity contribution is 7.86. The van der Waals surface area contributed by atoms with E-state index in [2.05, 4.69) is 18.3 Å². The van der Waals surface area contributed by atoms with Gasteiger partial charge < -0.3 is 10.1 Å². The molecule has 0 spiro atoms. The minimum atomic E-state index is -0.876. The molecule has 2 rings (SSSR count). The van der Waals surface area contributed by atoms with Crippen molar-refractivity contribution < 1.29 is 8.95 Å². The molecule has 0 radical (unpaired) electrons. The van der Waals surface area contributed by atoms with Crippen molar-refractivity contribution >= 4 is 10.8 Å². The SMILES string of the molecule is CCC(C)S(=O)C1COc2ccccc2C1NC. The van der Waals surface area contributed by atoms with Gasteiger partial charge in [0.2, 0.25) is 0 Å². The Balaban J connectivity index is 2.28. The van der Waals surface area contributed by atoms with E-state index in [1.165, 1.54) is 0 Å². The Morgan fingerprint density at radius 2 is 2.22 bits per heavy atom. The minimum Gasteiger partial charge on any atom is -0.492 e. The van der Waals surface area contributed by atoms with Crippen molar-refractivity contribution in [3.8, 4) is 5.75 Å². The first kappa shape index (κ1) is 13.6. The summed E-state index contributed by atoms with van der Waals surface area (Å²) >= 11 is 0. The van der Waals surface area contributed by atoms with Crippen LogP contribution in [0.4, 0.5) is 0 Å². The van der Waals surface area contributed by atoms with Crippen LogP contribution in [0.15, 0.2) is 24.3 Å². The highest BCUT2D eigenvalue weighted by Crippen LogP contribution is 2.34. The molecule has 0 saturated carbocycles. The van der Waals surface area contributed by atoms with Crippen molar-refractivity contribution in [2.75, 3.05) is 13.7 Å². The van der Waals surface area contributed by atoms with Crippen molar-refractivity contribution in [2.45, 2.75) is 36.8 Å². The fourth-order valence-corrected chi connectivity index (χ4v) is 4.02. The Kier molecular flexibility index (Phi) is 4.40. The minimum absolute atomic E-state index is 0.0276. The Bertz CT molecular complexity index is 436. The molecule has 0 amide bonds. The molecule has 4 atom stereocenters. The quantitative estimate of drug-likeness (QED) is 0.909. The molecule has 1 aromatic carbocycles. The summed E-state index contributed by atoms with van der Waals surface area (Å²) in [4.78, 5) is 0. The van der Waals surface area contributed by atoms with Crippen LogP contribution in [0.5, 0.6) is 5.75 Å². The maximum atomic E-state index is 12.5. The monoisotopic (exact) mass is 267 g/mol. The maximum Gasteiger partial charge on any atom is 0.124 e. The predicted molar refractivity (Wildman–Crippen MR) is 75.4 cm³/mol. The van der Waals surface area contributed by atoms with Crippen molar-refractivity contribution in [1.82, 2.24) is 5.32 Å². The van der Waals surface area contributed by atoms with Gasteiger partial charge in [-0.15, -0.1) is 0 Å². The number of rotatable bonds is 4. The van der Waals surface area contributed by atoms with Gasteiger partial charge in [-0.1, -0.05) is 32.0 Å². The summed E-state index contributed by atoms with van der Waals surface area (Å²) in [5, 5.41) is 3.53. The van der Waals surface area contributed by atoms with E-state index >= 15 is 0 Å². The van der Waals surface area contributed by atoms with E-state index in [1.54, 1.807) is 0 Å². The first-order valence-electron chi connectivity index (χ1n) is 6.47. The standard InChI is InChI=1S/C14H21NO2S/c1-4-10(2)18(16)13-9-17-12-8-6-5-7-11(12)14(13)15-3/h5-8,10,13-15H,4,9H2,1-3H3. The van der Waals surface area contributed by atoms with Crippen LogP contribution in [-0.4, -0.2) is 28.4 Å². The van der Waals surface area contributed by atoms with Gasteiger partial charge in [-0.25, -0.2) is 0 Å². The predicted octanol–water partition coefficient (Wildman–Crippen LogP) is 2.26. The van der Waals surface area contributed by atoms with Crippen LogP contribution in [-0.2, 0) is 10.8 Å². The highest BCUT2D eigenvalue weighted by Gasteiger charge is 2.35. The highest BCUT2D eigenvalue weighted by atomic mass is 32.2. The largest absolute Gasteiger partial charge is 0.492 e. The molecular formula is C14H21NO2S. The van der Waals surface area contributed by atoms with Gasteiger partial charge in [-0.2, -0.15) is 0 Å². The number of para-hydroxylation sites is 1. The van der Waals surface area contributed by atoms with Gasteiger partial charge >= 0.3 is 0 Å². The zero-order valence-electron chi connectivity index (χ0n) is 11.2. The number of fused-ring (bicyclic) bond motifs is 1. The van der Waals surface area contributed by atoms with Crippen LogP contribution >= 0.6 is 0 Å². The molecule has 1 aromatic rings. The average Bonchev–Trinajstić information content (AvgIpc) is 2.44. The number of hydrogen-bond acceptors (Lipinski definition) is 3.